The van der Waals surface area contributed by atoms with E-state index in [0.29, 0.717) is 0 Å². The summed E-state index contributed by atoms with van der Waals surface area (Å²) in [6.07, 6.45) is 4.74. The molecule has 1 aliphatic rings. The maximum absolute atomic E-state index is 4.44. The standard InChI is InChI=1S/C19H18N2/c1-19(2,18-20-9-10-21-18)15-7-8-17-14(12-15)11-13-5-3-4-6-16(13)17/h3-10,12H,11H2,1-2H3,(H,20,21). The molecule has 0 bridgehead atoms. The van der Waals surface area contributed by atoms with Crippen LogP contribution in [0.2, 0.25) is 0 Å². The quantitative estimate of drug-likeness (QED) is 0.580. The van der Waals surface area contributed by atoms with Gasteiger partial charge in [-0.2, -0.15) is 0 Å². The van der Waals surface area contributed by atoms with Crippen LogP contribution in [0.15, 0.2) is 54.9 Å². The molecule has 1 aliphatic carbocycles. The molecule has 1 aromatic heterocycles. The molecule has 21 heavy (non-hydrogen) atoms. The van der Waals surface area contributed by atoms with Crippen molar-refractivity contribution in [2.75, 3.05) is 0 Å². The lowest BCUT2D eigenvalue weighted by Gasteiger charge is -2.23. The first-order chi connectivity index (χ1) is 10.2. The minimum atomic E-state index is -0.104. The molecule has 0 spiro atoms. The van der Waals surface area contributed by atoms with Gasteiger partial charge in [-0.1, -0.05) is 42.5 Å². The molecule has 0 amide bonds. The first-order valence-corrected chi connectivity index (χ1v) is 7.38. The van der Waals surface area contributed by atoms with Gasteiger partial charge in [0.05, 0.1) is 0 Å². The Morgan fingerprint density at radius 2 is 1.81 bits per heavy atom. The van der Waals surface area contributed by atoms with E-state index in [9.17, 15) is 0 Å². The smallest absolute Gasteiger partial charge is 0.116 e. The highest BCUT2D eigenvalue weighted by molar-refractivity contribution is 5.77. The summed E-state index contributed by atoms with van der Waals surface area (Å²) < 4.78 is 0. The number of aromatic nitrogens is 2. The Morgan fingerprint density at radius 1 is 1.00 bits per heavy atom. The van der Waals surface area contributed by atoms with E-state index >= 15 is 0 Å². The van der Waals surface area contributed by atoms with Crippen LogP contribution in [0.1, 0.15) is 36.4 Å². The monoisotopic (exact) mass is 274 g/mol. The third-order valence-corrected chi connectivity index (χ3v) is 4.61. The van der Waals surface area contributed by atoms with Gasteiger partial charge in [-0.3, -0.25) is 0 Å². The lowest BCUT2D eigenvalue weighted by atomic mass is 9.82. The van der Waals surface area contributed by atoms with Crippen molar-refractivity contribution in [2.45, 2.75) is 25.7 Å². The van der Waals surface area contributed by atoms with Gasteiger partial charge < -0.3 is 4.98 Å². The number of imidazole rings is 1. The summed E-state index contributed by atoms with van der Waals surface area (Å²) in [5.41, 5.74) is 6.82. The van der Waals surface area contributed by atoms with Crippen LogP contribution in [-0.4, -0.2) is 9.97 Å². The Hall–Kier alpha value is -2.35. The Labute approximate surface area is 124 Å². The normalized spacial score (nSPS) is 13.0. The van der Waals surface area contributed by atoms with Crippen LogP contribution < -0.4 is 0 Å². The topological polar surface area (TPSA) is 28.7 Å². The molecule has 1 N–H and O–H groups in total. The van der Waals surface area contributed by atoms with Crippen molar-refractivity contribution in [3.63, 3.8) is 0 Å². The van der Waals surface area contributed by atoms with Crippen molar-refractivity contribution >= 4 is 0 Å². The zero-order chi connectivity index (χ0) is 14.4. The van der Waals surface area contributed by atoms with Crippen LogP contribution in [0.3, 0.4) is 0 Å². The average molecular weight is 274 g/mol. The fourth-order valence-electron chi connectivity index (χ4n) is 3.28. The van der Waals surface area contributed by atoms with Crippen molar-refractivity contribution in [1.82, 2.24) is 9.97 Å². The van der Waals surface area contributed by atoms with E-state index in [1.165, 1.54) is 27.8 Å². The van der Waals surface area contributed by atoms with Gasteiger partial charge in [0.2, 0.25) is 0 Å². The Bertz CT molecular complexity index is 798. The second kappa shape index (κ2) is 4.32. The molecule has 4 rings (SSSR count). The molecule has 0 fully saturated rings. The molecular formula is C19H18N2. The number of hydrogen-bond donors (Lipinski definition) is 1. The second-order valence-corrected chi connectivity index (χ2v) is 6.27. The molecule has 2 aromatic carbocycles. The molecule has 2 nitrogen and oxygen atoms in total. The van der Waals surface area contributed by atoms with Gasteiger partial charge in [0.25, 0.3) is 0 Å². The van der Waals surface area contributed by atoms with Crippen LogP contribution >= 0.6 is 0 Å². The minimum Gasteiger partial charge on any atom is -0.348 e. The van der Waals surface area contributed by atoms with Crippen molar-refractivity contribution in [3.8, 4) is 11.1 Å². The molecule has 0 radical (unpaired) electrons. The van der Waals surface area contributed by atoms with E-state index in [-0.39, 0.29) is 5.41 Å². The van der Waals surface area contributed by atoms with Crippen LogP contribution in [0.5, 0.6) is 0 Å². The van der Waals surface area contributed by atoms with E-state index < -0.39 is 0 Å². The van der Waals surface area contributed by atoms with Crippen LogP contribution in [-0.2, 0) is 11.8 Å². The van der Waals surface area contributed by atoms with Crippen molar-refractivity contribution in [3.05, 3.63) is 77.4 Å². The highest BCUT2D eigenvalue weighted by atomic mass is 14.9. The summed E-state index contributed by atoms with van der Waals surface area (Å²) >= 11 is 0. The summed E-state index contributed by atoms with van der Waals surface area (Å²) in [6, 6.07) is 15.5. The zero-order valence-corrected chi connectivity index (χ0v) is 12.4. The van der Waals surface area contributed by atoms with E-state index in [1.807, 2.05) is 12.4 Å². The van der Waals surface area contributed by atoms with E-state index in [0.717, 1.165) is 12.2 Å². The van der Waals surface area contributed by atoms with Gasteiger partial charge in [0.1, 0.15) is 5.82 Å². The molecule has 104 valence electrons. The van der Waals surface area contributed by atoms with Crippen molar-refractivity contribution < 1.29 is 0 Å². The molecule has 0 unspecified atom stereocenters. The maximum atomic E-state index is 4.44. The van der Waals surface area contributed by atoms with Gasteiger partial charge in [-0.15, -0.1) is 0 Å². The molecule has 0 saturated carbocycles. The van der Waals surface area contributed by atoms with E-state index in [2.05, 4.69) is 66.3 Å². The summed E-state index contributed by atoms with van der Waals surface area (Å²) in [4.78, 5) is 7.69. The summed E-state index contributed by atoms with van der Waals surface area (Å²) in [5.74, 6) is 1.01. The molecule has 0 atom stereocenters. The fraction of sp³-hybridized carbons (Fsp3) is 0.211. The number of rotatable bonds is 2. The molecular weight excluding hydrogens is 256 g/mol. The fourth-order valence-corrected chi connectivity index (χ4v) is 3.28. The average Bonchev–Trinajstić information content (AvgIpc) is 3.14. The summed E-state index contributed by atoms with van der Waals surface area (Å²) in [6.45, 7) is 4.44. The third kappa shape index (κ3) is 1.83. The van der Waals surface area contributed by atoms with Gasteiger partial charge in [-0.05, 0) is 48.1 Å². The first-order valence-electron chi connectivity index (χ1n) is 7.38. The number of hydrogen-bond acceptors (Lipinski definition) is 1. The Morgan fingerprint density at radius 3 is 2.62 bits per heavy atom. The predicted molar refractivity (Wildman–Crippen MR) is 85.4 cm³/mol. The highest BCUT2D eigenvalue weighted by Crippen LogP contribution is 2.39. The van der Waals surface area contributed by atoms with Crippen LogP contribution in [0.25, 0.3) is 11.1 Å². The maximum Gasteiger partial charge on any atom is 0.116 e. The number of H-pyrrole nitrogens is 1. The summed E-state index contributed by atoms with van der Waals surface area (Å²) in [5, 5.41) is 0. The number of nitrogens with zero attached hydrogens (tertiary/aromatic N) is 1. The van der Waals surface area contributed by atoms with Crippen LogP contribution in [0, 0.1) is 0 Å². The molecule has 0 saturated heterocycles. The predicted octanol–water partition coefficient (Wildman–Crippen LogP) is 4.31. The lowest BCUT2D eigenvalue weighted by Crippen LogP contribution is -2.20. The van der Waals surface area contributed by atoms with Crippen molar-refractivity contribution in [1.29, 1.82) is 0 Å². The van der Waals surface area contributed by atoms with Crippen molar-refractivity contribution in [2.24, 2.45) is 0 Å². The van der Waals surface area contributed by atoms with Gasteiger partial charge in [0, 0.05) is 17.8 Å². The van der Waals surface area contributed by atoms with E-state index in [1.54, 1.807) is 0 Å². The molecule has 2 heteroatoms. The molecule has 1 heterocycles. The van der Waals surface area contributed by atoms with Crippen LogP contribution in [0.4, 0.5) is 0 Å². The van der Waals surface area contributed by atoms with E-state index in [4.69, 9.17) is 0 Å². The number of fused-ring (bicyclic) bond motifs is 3. The SMILES string of the molecule is CC(C)(c1ccc2c(c1)Cc1ccccc1-2)c1ncc[nH]1. The van der Waals surface area contributed by atoms with Gasteiger partial charge >= 0.3 is 0 Å². The second-order valence-electron chi connectivity index (χ2n) is 6.27. The number of nitrogens with one attached hydrogen (secondary N) is 1. The van der Waals surface area contributed by atoms with Gasteiger partial charge in [0.15, 0.2) is 0 Å². The largest absolute Gasteiger partial charge is 0.348 e. The number of aromatic amines is 1. The number of benzene rings is 2. The Balaban J connectivity index is 1.80. The minimum absolute atomic E-state index is 0.104. The first kappa shape index (κ1) is 12.4. The molecule has 3 aromatic rings. The Kier molecular flexibility index (Phi) is 2.55. The highest BCUT2D eigenvalue weighted by Gasteiger charge is 2.27. The third-order valence-electron chi connectivity index (χ3n) is 4.61. The summed E-state index contributed by atoms with van der Waals surface area (Å²) in [7, 11) is 0. The van der Waals surface area contributed by atoms with Gasteiger partial charge in [-0.25, -0.2) is 4.98 Å². The zero-order valence-electron chi connectivity index (χ0n) is 12.4. The lowest BCUT2D eigenvalue weighted by molar-refractivity contribution is 0.598. The molecule has 0 aliphatic heterocycles.